The summed E-state index contributed by atoms with van der Waals surface area (Å²) in [7, 11) is 0. The van der Waals surface area contributed by atoms with Gasteiger partial charge < -0.3 is 5.11 Å². The van der Waals surface area contributed by atoms with Crippen molar-refractivity contribution < 1.29 is 9.50 Å². The number of aliphatic hydroxyl groups is 1. The topological polar surface area (TPSA) is 20.2 Å². The molecule has 5 heteroatoms. The van der Waals surface area contributed by atoms with E-state index in [2.05, 4.69) is 15.9 Å². The number of thiophene rings is 2. The number of hydrogen-bond acceptors (Lipinski definition) is 3. The number of hydrogen-bond donors (Lipinski definition) is 1. The van der Waals surface area contributed by atoms with Gasteiger partial charge in [-0.2, -0.15) is 11.3 Å². The number of benzene rings is 1. The van der Waals surface area contributed by atoms with Gasteiger partial charge in [-0.3, -0.25) is 0 Å². The fourth-order valence-electron chi connectivity index (χ4n) is 1.80. The van der Waals surface area contributed by atoms with Crippen LogP contribution in [-0.2, 0) is 0 Å². The molecule has 1 atom stereocenters. The first-order valence-electron chi connectivity index (χ1n) is 5.24. The molecule has 0 saturated heterocycles. The van der Waals surface area contributed by atoms with Gasteiger partial charge in [0, 0.05) is 25.0 Å². The summed E-state index contributed by atoms with van der Waals surface area (Å²) < 4.78 is 14.9. The fourth-order valence-corrected chi connectivity index (χ4v) is 4.43. The van der Waals surface area contributed by atoms with E-state index in [1.807, 2.05) is 16.8 Å². The van der Waals surface area contributed by atoms with Crippen LogP contribution in [0.1, 0.15) is 16.5 Å². The first kappa shape index (κ1) is 12.3. The molecule has 0 bridgehead atoms. The first-order chi connectivity index (χ1) is 8.65. The molecule has 1 nitrogen and oxygen atoms in total. The summed E-state index contributed by atoms with van der Waals surface area (Å²) in [6, 6.07) is 6.58. The van der Waals surface area contributed by atoms with E-state index in [1.165, 1.54) is 34.8 Å². The number of halogens is 2. The van der Waals surface area contributed by atoms with Crippen LogP contribution in [0.5, 0.6) is 0 Å². The van der Waals surface area contributed by atoms with Crippen LogP contribution < -0.4 is 0 Å². The summed E-state index contributed by atoms with van der Waals surface area (Å²) in [6.45, 7) is 0. The molecule has 0 spiro atoms. The molecule has 0 aliphatic rings. The maximum absolute atomic E-state index is 13.1. The van der Waals surface area contributed by atoms with E-state index >= 15 is 0 Å². The van der Waals surface area contributed by atoms with Crippen LogP contribution in [0.2, 0.25) is 0 Å². The molecular formula is C13H8BrFOS2. The lowest BCUT2D eigenvalue weighted by molar-refractivity contribution is 0.224. The van der Waals surface area contributed by atoms with Gasteiger partial charge in [0.15, 0.2) is 0 Å². The average molecular weight is 343 g/mol. The molecule has 1 N–H and O–H groups in total. The van der Waals surface area contributed by atoms with Crippen molar-refractivity contribution in [2.24, 2.45) is 0 Å². The van der Waals surface area contributed by atoms with Crippen LogP contribution in [0.4, 0.5) is 4.39 Å². The van der Waals surface area contributed by atoms with Gasteiger partial charge in [0.1, 0.15) is 11.9 Å². The molecule has 0 saturated carbocycles. The second kappa shape index (κ2) is 4.74. The maximum Gasteiger partial charge on any atom is 0.124 e. The molecule has 0 amide bonds. The number of aliphatic hydroxyl groups excluding tert-OH is 1. The monoisotopic (exact) mass is 342 g/mol. The molecule has 2 heterocycles. The molecule has 0 fully saturated rings. The summed E-state index contributed by atoms with van der Waals surface area (Å²) in [5.74, 6) is -0.248. The molecule has 0 aliphatic carbocycles. The second-order valence-corrected chi connectivity index (χ2v) is 6.62. The van der Waals surface area contributed by atoms with Crippen LogP contribution in [0.15, 0.2) is 39.5 Å². The first-order valence-corrected chi connectivity index (χ1v) is 7.79. The minimum absolute atomic E-state index is 0.248. The summed E-state index contributed by atoms with van der Waals surface area (Å²) in [4.78, 5) is 0.828. The Morgan fingerprint density at radius 2 is 2.06 bits per heavy atom. The van der Waals surface area contributed by atoms with E-state index in [9.17, 15) is 9.50 Å². The molecular weight excluding hydrogens is 335 g/mol. The van der Waals surface area contributed by atoms with Crippen molar-refractivity contribution in [2.75, 3.05) is 0 Å². The Bertz CT molecular complexity index is 704. The van der Waals surface area contributed by atoms with Crippen LogP contribution in [-0.4, -0.2) is 5.11 Å². The highest BCUT2D eigenvalue weighted by molar-refractivity contribution is 9.10. The Morgan fingerprint density at radius 3 is 2.78 bits per heavy atom. The molecule has 92 valence electrons. The van der Waals surface area contributed by atoms with E-state index in [0.29, 0.717) is 0 Å². The zero-order chi connectivity index (χ0) is 12.7. The summed E-state index contributed by atoms with van der Waals surface area (Å²) in [6.07, 6.45) is -0.661. The Balaban J connectivity index is 2.07. The van der Waals surface area contributed by atoms with E-state index in [4.69, 9.17) is 0 Å². The lowest BCUT2D eigenvalue weighted by Crippen LogP contribution is -1.95. The van der Waals surface area contributed by atoms with Crippen molar-refractivity contribution in [1.82, 2.24) is 0 Å². The summed E-state index contributed by atoms with van der Waals surface area (Å²) >= 11 is 6.37. The van der Waals surface area contributed by atoms with Crippen molar-refractivity contribution in [3.05, 3.63) is 55.8 Å². The third kappa shape index (κ3) is 2.12. The van der Waals surface area contributed by atoms with Crippen LogP contribution in [0, 0.1) is 5.82 Å². The molecule has 3 rings (SSSR count). The molecule has 18 heavy (non-hydrogen) atoms. The molecule has 1 unspecified atom stereocenters. The Morgan fingerprint density at radius 1 is 1.22 bits per heavy atom. The van der Waals surface area contributed by atoms with Gasteiger partial charge in [-0.25, -0.2) is 4.39 Å². The van der Waals surface area contributed by atoms with Crippen molar-refractivity contribution >= 4 is 48.7 Å². The largest absolute Gasteiger partial charge is 0.383 e. The van der Waals surface area contributed by atoms with Gasteiger partial charge in [0.25, 0.3) is 0 Å². The third-order valence-electron chi connectivity index (χ3n) is 2.71. The number of rotatable bonds is 2. The normalized spacial score (nSPS) is 13.1. The van der Waals surface area contributed by atoms with Gasteiger partial charge in [-0.05, 0) is 44.9 Å². The van der Waals surface area contributed by atoms with E-state index < -0.39 is 6.10 Å². The van der Waals surface area contributed by atoms with Gasteiger partial charge >= 0.3 is 0 Å². The SMILES string of the molecule is OC(c1cc2ccc(F)cc2s1)c1cscc1Br. The lowest BCUT2D eigenvalue weighted by Gasteiger charge is -2.06. The number of fused-ring (bicyclic) bond motifs is 1. The van der Waals surface area contributed by atoms with E-state index in [0.717, 1.165) is 25.0 Å². The Hall–Kier alpha value is -0.750. The summed E-state index contributed by atoms with van der Waals surface area (Å²) in [5, 5.41) is 15.1. The lowest BCUT2D eigenvalue weighted by atomic mass is 10.1. The van der Waals surface area contributed by atoms with Crippen LogP contribution in [0.3, 0.4) is 0 Å². The molecule has 0 aliphatic heterocycles. The molecule has 2 aromatic heterocycles. The second-order valence-electron chi connectivity index (χ2n) is 3.91. The van der Waals surface area contributed by atoms with Gasteiger partial charge in [-0.15, -0.1) is 11.3 Å². The predicted octanol–water partition coefficient (Wildman–Crippen LogP) is 4.95. The van der Waals surface area contributed by atoms with Crippen molar-refractivity contribution in [1.29, 1.82) is 0 Å². The van der Waals surface area contributed by atoms with Gasteiger partial charge in [-0.1, -0.05) is 6.07 Å². The van der Waals surface area contributed by atoms with Crippen LogP contribution in [0.25, 0.3) is 10.1 Å². The Kier molecular flexibility index (Phi) is 3.23. The Labute approximate surface area is 120 Å². The third-order valence-corrected chi connectivity index (χ3v) is 5.61. The average Bonchev–Trinajstić information content (AvgIpc) is 2.93. The standard InChI is InChI=1S/C13H8BrFOS2/c14-10-6-17-5-9(10)13(16)12-3-7-1-2-8(15)4-11(7)18-12/h1-6,13,16H. The van der Waals surface area contributed by atoms with Crippen molar-refractivity contribution in [2.45, 2.75) is 6.10 Å². The van der Waals surface area contributed by atoms with Gasteiger partial charge in [0.05, 0.1) is 0 Å². The zero-order valence-corrected chi connectivity index (χ0v) is 12.3. The van der Waals surface area contributed by atoms with Crippen LogP contribution >= 0.6 is 38.6 Å². The van der Waals surface area contributed by atoms with Gasteiger partial charge in [0.2, 0.25) is 0 Å². The highest BCUT2D eigenvalue weighted by Crippen LogP contribution is 2.37. The summed E-state index contributed by atoms with van der Waals surface area (Å²) in [5.41, 5.74) is 0.854. The van der Waals surface area contributed by atoms with E-state index in [-0.39, 0.29) is 5.82 Å². The highest BCUT2D eigenvalue weighted by Gasteiger charge is 2.17. The predicted molar refractivity (Wildman–Crippen MR) is 77.9 cm³/mol. The zero-order valence-electron chi connectivity index (χ0n) is 9.06. The van der Waals surface area contributed by atoms with Crippen molar-refractivity contribution in [3.63, 3.8) is 0 Å². The van der Waals surface area contributed by atoms with Crippen molar-refractivity contribution in [3.8, 4) is 0 Å². The molecule has 3 aromatic rings. The highest BCUT2D eigenvalue weighted by atomic mass is 79.9. The maximum atomic E-state index is 13.1. The quantitative estimate of drug-likeness (QED) is 0.698. The smallest absolute Gasteiger partial charge is 0.124 e. The minimum atomic E-state index is -0.661. The fraction of sp³-hybridized carbons (Fsp3) is 0.0769. The molecule has 0 radical (unpaired) electrons. The minimum Gasteiger partial charge on any atom is -0.383 e. The van der Waals surface area contributed by atoms with E-state index in [1.54, 1.807) is 6.07 Å². The molecule has 1 aromatic carbocycles.